The average Bonchev–Trinajstić information content (AvgIpc) is 2.44. The van der Waals surface area contributed by atoms with E-state index in [0.717, 1.165) is 11.1 Å². The molecule has 1 N–H and O–H groups in total. The third kappa shape index (κ3) is 4.05. The summed E-state index contributed by atoms with van der Waals surface area (Å²) in [7, 11) is 0. The second-order valence-corrected chi connectivity index (χ2v) is 5.56. The zero-order valence-electron chi connectivity index (χ0n) is 12.0. The maximum Gasteiger partial charge on any atom is 0.254 e. The van der Waals surface area contributed by atoms with E-state index in [1.165, 1.54) is 6.07 Å². The van der Waals surface area contributed by atoms with Gasteiger partial charge in [0.15, 0.2) is 0 Å². The topological polar surface area (TPSA) is 29.1 Å². The average molecular weight is 306 g/mol. The zero-order chi connectivity index (χ0) is 15.4. The van der Waals surface area contributed by atoms with E-state index in [4.69, 9.17) is 11.6 Å². The first-order chi connectivity index (χ1) is 9.97. The highest BCUT2D eigenvalue weighted by atomic mass is 35.5. The Hall–Kier alpha value is -1.87. The highest BCUT2D eigenvalue weighted by molar-refractivity contribution is 6.31. The van der Waals surface area contributed by atoms with Crippen molar-refractivity contribution in [3.63, 3.8) is 0 Å². The molecule has 2 aromatic carbocycles. The molecule has 2 rings (SSSR count). The predicted octanol–water partition coefficient (Wildman–Crippen LogP) is 4.15. The van der Waals surface area contributed by atoms with Crippen LogP contribution < -0.4 is 5.32 Å². The van der Waals surface area contributed by atoms with Crippen molar-refractivity contribution in [3.05, 3.63) is 70.0 Å². The van der Waals surface area contributed by atoms with Crippen LogP contribution in [0.5, 0.6) is 0 Å². The molecule has 21 heavy (non-hydrogen) atoms. The molecule has 0 heterocycles. The first kappa shape index (κ1) is 15.5. The standard InChI is InChI=1S/C17H17ClFNO/c1-11-7-8-16(19)14(9-11)17(21)20-12(2)10-13-5-3-4-6-15(13)18/h3-9,12H,10H2,1-2H3,(H,20,21). The van der Waals surface area contributed by atoms with Crippen LogP contribution in [0.3, 0.4) is 0 Å². The van der Waals surface area contributed by atoms with Gasteiger partial charge in [0, 0.05) is 11.1 Å². The van der Waals surface area contributed by atoms with E-state index in [2.05, 4.69) is 5.32 Å². The van der Waals surface area contributed by atoms with E-state index in [1.807, 2.05) is 38.1 Å². The number of amides is 1. The smallest absolute Gasteiger partial charge is 0.254 e. The number of rotatable bonds is 4. The minimum atomic E-state index is -0.511. The van der Waals surface area contributed by atoms with E-state index in [0.29, 0.717) is 11.4 Å². The van der Waals surface area contributed by atoms with E-state index < -0.39 is 11.7 Å². The summed E-state index contributed by atoms with van der Waals surface area (Å²) in [6, 6.07) is 11.8. The normalized spacial score (nSPS) is 12.0. The molecule has 1 atom stereocenters. The number of aryl methyl sites for hydroxylation is 1. The van der Waals surface area contributed by atoms with Gasteiger partial charge in [-0.1, -0.05) is 41.4 Å². The lowest BCUT2D eigenvalue weighted by atomic mass is 10.1. The molecular weight excluding hydrogens is 289 g/mol. The van der Waals surface area contributed by atoms with Crippen molar-refractivity contribution in [2.24, 2.45) is 0 Å². The Labute approximate surface area is 128 Å². The molecule has 0 bridgehead atoms. The Morgan fingerprint density at radius 2 is 2.00 bits per heavy atom. The molecular formula is C17H17ClFNO. The molecule has 1 amide bonds. The van der Waals surface area contributed by atoms with Crippen LogP contribution in [0.2, 0.25) is 5.02 Å². The van der Waals surface area contributed by atoms with Crippen LogP contribution in [-0.4, -0.2) is 11.9 Å². The van der Waals surface area contributed by atoms with Crippen molar-refractivity contribution in [2.45, 2.75) is 26.3 Å². The van der Waals surface area contributed by atoms with E-state index in [-0.39, 0.29) is 11.6 Å². The van der Waals surface area contributed by atoms with Gasteiger partial charge in [0.1, 0.15) is 5.82 Å². The predicted molar refractivity (Wildman–Crippen MR) is 83.2 cm³/mol. The first-order valence-corrected chi connectivity index (χ1v) is 7.15. The van der Waals surface area contributed by atoms with Crippen molar-refractivity contribution in [3.8, 4) is 0 Å². The van der Waals surface area contributed by atoms with E-state index >= 15 is 0 Å². The Balaban J connectivity index is 2.06. The van der Waals surface area contributed by atoms with Crippen molar-refractivity contribution < 1.29 is 9.18 Å². The lowest BCUT2D eigenvalue weighted by Crippen LogP contribution is -2.34. The maximum atomic E-state index is 13.7. The largest absolute Gasteiger partial charge is 0.349 e. The van der Waals surface area contributed by atoms with Crippen molar-refractivity contribution in [1.82, 2.24) is 5.32 Å². The number of hydrogen-bond donors (Lipinski definition) is 1. The minimum absolute atomic E-state index is 0.0704. The summed E-state index contributed by atoms with van der Waals surface area (Å²) in [4.78, 5) is 12.1. The zero-order valence-corrected chi connectivity index (χ0v) is 12.7. The Morgan fingerprint density at radius 3 is 2.71 bits per heavy atom. The van der Waals surface area contributed by atoms with E-state index in [9.17, 15) is 9.18 Å². The lowest BCUT2D eigenvalue weighted by molar-refractivity contribution is 0.0936. The SMILES string of the molecule is Cc1ccc(F)c(C(=O)NC(C)Cc2ccccc2Cl)c1. The van der Waals surface area contributed by atoms with Crippen LogP contribution in [0.4, 0.5) is 4.39 Å². The summed E-state index contributed by atoms with van der Waals surface area (Å²) in [5, 5.41) is 3.47. The quantitative estimate of drug-likeness (QED) is 0.903. The summed E-state index contributed by atoms with van der Waals surface area (Å²) in [5.74, 6) is -0.918. The number of hydrogen-bond acceptors (Lipinski definition) is 1. The Kier molecular flexibility index (Phi) is 4.97. The molecule has 0 aliphatic heterocycles. The second-order valence-electron chi connectivity index (χ2n) is 5.15. The third-order valence-corrected chi connectivity index (χ3v) is 3.60. The van der Waals surface area contributed by atoms with Crippen LogP contribution in [0.1, 0.15) is 28.4 Å². The molecule has 4 heteroatoms. The summed E-state index contributed by atoms with van der Waals surface area (Å²) >= 11 is 6.10. The molecule has 110 valence electrons. The Bertz CT molecular complexity index is 657. The van der Waals surface area contributed by atoms with Crippen LogP contribution in [0, 0.1) is 12.7 Å². The number of halogens is 2. The first-order valence-electron chi connectivity index (χ1n) is 6.78. The maximum absolute atomic E-state index is 13.7. The van der Waals surface area contributed by atoms with Gasteiger partial charge in [-0.15, -0.1) is 0 Å². The number of benzene rings is 2. The highest BCUT2D eigenvalue weighted by Crippen LogP contribution is 2.17. The van der Waals surface area contributed by atoms with Crippen molar-refractivity contribution >= 4 is 17.5 Å². The van der Waals surface area contributed by atoms with Crippen LogP contribution in [0.25, 0.3) is 0 Å². The minimum Gasteiger partial charge on any atom is -0.349 e. The summed E-state index contributed by atoms with van der Waals surface area (Å²) in [6.07, 6.45) is 0.596. The number of carbonyl (C=O) groups is 1. The van der Waals surface area contributed by atoms with Crippen LogP contribution in [0.15, 0.2) is 42.5 Å². The summed E-state index contributed by atoms with van der Waals surface area (Å²) in [6.45, 7) is 3.69. The van der Waals surface area contributed by atoms with Gasteiger partial charge in [0.25, 0.3) is 5.91 Å². The number of carbonyl (C=O) groups excluding carboxylic acids is 1. The molecule has 0 spiro atoms. The van der Waals surface area contributed by atoms with Gasteiger partial charge in [-0.2, -0.15) is 0 Å². The lowest BCUT2D eigenvalue weighted by Gasteiger charge is -2.15. The second kappa shape index (κ2) is 6.72. The van der Waals surface area contributed by atoms with Gasteiger partial charge in [-0.05, 0) is 44.0 Å². The molecule has 0 aliphatic rings. The van der Waals surface area contributed by atoms with Gasteiger partial charge in [0.2, 0.25) is 0 Å². The van der Waals surface area contributed by atoms with Crippen LogP contribution >= 0.6 is 11.6 Å². The van der Waals surface area contributed by atoms with Gasteiger partial charge in [-0.3, -0.25) is 4.79 Å². The third-order valence-electron chi connectivity index (χ3n) is 3.23. The molecule has 0 aromatic heterocycles. The molecule has 0 fully saturated rings. The molecule has 0 saturated carbocycles. The molecule has 0 radical (unpaired) electrons. The molecule has 0 aliphatic carbocycles. The van der Waals surface area contributed by atoms with Gasteiger partial charge in [0.05, 0.1) is 5.56 Å². The van der Waals surface area contributed by atoms with Gasteiger partial charge < -0.3 is 5.32 Å². The molecule has 0 saturated heterocycles. The molecule has 1 unspecified atom stereocenters. The molecule has 2 nitrogen and oxygen atoms in total. The van der Waals surface area contributed by atoms with Gasteiger partial charge in [-0.25, -0.2) is 4.39 Å². The fraction of sp³-hybridized carbons (Fsp3) is 0.235. The van der Waals surface area contributed by atoms with Gasteiger partial charge >= 0.3 is 0 Å². The monoisotopic (exact) mass is 305 g/mol. The van der Waals surface area contributed by atoms with Crippen molar-refractivity contribution in [2.75, 3.05) is 0 Å². The highest BCUT2D eigenvalue weighted by Gasteiger charge is 2.15. The van der Waals surface area contributed by atoms with E-state index in [1.54, 1.807) is 12.1 Å². The molecule has 2 aromatic rings. The Morgan fingerprint density at radius 1 is 1.29 bits per heavy atom. The summed E-state index contributed by atoms with van der Waals surface area (Å²) < 4.78 is 13.7. The summed E-state index contributed by atoms with van der Waals surface area (Å²) in [5.41, 5.74) is 1.87. The van der Waals surface area contributed by atoms with Crippen LogP contribution in [-0.2, 0) is 6.42 Å². The fourth-order valence-electron chi connectivity index (χ4n) is 2.16. The number of nitrogens with one attached hydrogen (secondary N) is 1. The fourth-order valence-corrected chi connectivity index (χ4v) is 2.37. The van der Waals surface area contributed by atoms with Crippen molar-refractivity contribution in [1.29, 1.82) is 0 Å².